The van der Waals surface area contributed by atoms with Crippen molar-refractivity contribution in [1.29, 1.82) is 0 Å². The zero-order chi connectivity index (χ0) is 18.2. The quantitative estimate of drug-likeness (QED) is 0.617. The molecule has 0 unspecified atom stereocenters. The number of halogens is 3. The number of aryl methyl sites for hydroxylation is 1. The molecule has 0 radical (unpaired) electrons. The minimum atomic E-state index is -4.46. The molecular formula is C16H12F3NO3S2. The molecule has 3 aromatic rings. The fraction of sp³-hybridized carbons (Fsp3) is 0.188. The molecule has 1 heterocycles. The maximum absolute atomic E-state index is 12.7. The molecule has 0 amide bonds. The predicted molar refractivity (Wildman–Crippen MR) is 87.8 cm³/mol. The van der Waals surface area contributed by atoms with Crippen LogP contribution in [-0.2, 0) is 27.1 Å². The van der Waals surface area contributed by atoms with E-state index >= 15 is 0 Å². The normalized spacial score (nSPS) is 12.6. The van der Waals surface area contributed by atoms with E-state index in [0.717, 1.165) is 29.0 Å². The SMILES string of the molecule is Cc1ccc(S(=O)(=O)OCc2nc3cc(C(F)(F)F)ccc3s2)cc1. The van der Waals surface area contributed by atoms with Gasteiger partial charge >= 0.3 is 6.18 Å². The molecule has 0 fully saturated rings. The van der Waals surface area contributed by atoms with Crippen molar-refractivity contribution in [2.75, 3.05) is 0 Å². The van der Waals surface area contributed by atoms with Crippen molar-refractivity contribution in [2.45, 2.75) is 24.6 Å². The van der Waals surface area contributed by atoms with Crippen LogP contribution in [0.25, 0.3) is 10.2 Å². The lowest BCUT2D eigenvalue weighted by molar-refractivity contribution is -0.137. The standard InChI is InChI=1S/C16H12F3NO3S2/c1-10-2-5-12(6-3-10)25(21,22)23-9-15-20-13-8-11(16(17,18)19)4-7-14(13)24-15/h2-8H,9H2,1H3. The average Bonchev–Trinajstić information content (AvgIpc) is 2.95. The van der Waals surface area contributed by atoms with Gasteiger partial charge in [-0.3, -0.25) is 4.18 Å². The number of benzene rings is 2. The molecule has 4 nitrogen and oxygen atoms in total. The van der Waals surface area contributed by atoms with E-state index in [-0.39, 0.29) is 22.0 Å². The first-order chi connectivity index (χ1) is 11.6. The average molecular weight is 387 g/mol. The summed E-state index contributed by atoms with van der Waals surface area (Å²) in [6.07, 6.45) is -4.46. The zero-order valence-corrected chi connectivity index (χ0v) is 14.5. The first-order valence-corrected chi connectivity index (χ1v) is 9.30. The molecule has 0 atom stereocenters. The largest absolute Gasteiger partial charge is 0.416 e. The van der Waals surface area contributed by atoms with E-state index in [1.165, 1.54) is 18.2 Å². The van der Waals surface area contributed by atoms with Crippen molar-refractivity contribution in [3.63, 3.8) is 0 Å². The van der Waals surface area contributed by atoms with Crippen LogP contribution < -0.4 is 0 Å². The zero-order valence-electron chi connectivity index (χ0n) is 12.9. The van der Waals surface area contributed by atoms with Gasteiger partial charge in [0.05, 0.1) is 20.7 Å². The Kier molecular flexibility index (Phi) is 4.56. The minimum Gasteiger partial charge on any atom is -0.259 e. The lowest BCUT2D eigenvalue weighted by Gasteiger charge is -2.05. The van der Waals surface area contributed by atoms with Crippen LogP contribution in [0.2, 0.25) is 0 Å². The Labute approximate surface area is 146 Å². The van der Waals surface area contributed by atoms with Crippen molar-refractivity contribution in [3.8, 4) is 0 Å². The van der Waals surface area contributed by atoms with E-state index in [0.29, 0.717) is 4.70 Å². The molecule has 0 saturated carbocycles. The molecule has 1 aromatic heterocycles. The van der Waals surface area contributed by atoms with Crippen LogP contribution >= 0.6 is 11.3 Å². The predicted octanol–water partition coefficient (Wildman–Crippen LogP) is 4.53. The summed E-state index contributed by atoms with van der Waals surface area (Å²) in [5.74, 6) is 0. The monoisotopic (exact) mass is 387 g/mol. The summed E-state index contributed by atoms with van der Waals surface area (Å²) >= 11 is 1.09. The smallest absolute Gasteiger partial charge is 0.259 e. The summed E-state index contributed by atoms with van der Waals surface area (Å²) < 4.78 is 67.9. The van der Waals surface area contributed by atoms with E-state index in [2.05, 4.69) is 4.98 Å². The Balaban J connectivity index is 1.80. The molecule has 0 aliphatic carbocycles. The van der Waals surface area contributed by atoms with Crippen molar-refractivity contribution in [3.05, 3.63) is 58.6 Å². The van der Waals surface area contributed by atoms with E-state index in [1.54, 1.807) is 12.1 Å². The van der Waals surface area contributed by atoms with Crippen LogP contribution in [-0.4, -0.2) is 13.4 Å². The molecule has 0 spiro atoms. The van der Waals surface area contributed by atoms with Crippen molar-refractivity contribution < 1.29 is 25.8 Å². The van der Waals surface area contributed by atoms with Gasteiger partial charge in [0.1, 0.15) is 11.6 Å². The number of fused-ring (bicyclic) bond motifs is 1. The van der Waals surface area contributed by atoms with E-state index < -0.39 is 21.9 Å². The molecular weight excluding hydrogens is 375 g/mol. The fourth-order valence-corrected chi connectivity index (χ4v) is 3.92. The molecule has 132 valence electrons. The molecule has 3 rings (SSSR count). The number of aromatic nitrogens is 1. The maximum Gasteiger partial charge on any atom is 0.416 e. The van der Waals surface area contributed by atoms with Crippen LogP contribution in [0.15, 0.2) is 47.4 Å². The minimum absolute atomic E-state index is 0.0126. The van der Waals surface area contributed by atoms with Crippen molar-refractivity contribution in [2.24, 2.45) is 0 Å². The fourth-order valence-electron chi connectivity index (χ4n) is 2.11. The Morgan fingerprint density at radius 2 is 1.80 bits per heavy atom. The molecule has 0 bridgehead atoms. The number of rotatable bonds is 4. The van der Waals surface area contributed by atoms with E-state index in [1.807, 2.05) is 6.92 Å². The first-order valence-electron chi connectivity index (χ1n) is 7.08. The van der Waals surface area contributed by atoms with Crippen LogP contribution in [0, 0.1) is 6.92 Å². The van der Waals surface area contributed by atoms with Gasteiger partial charge in [-0.05, 0) is 37.3 Å². The maximum atomic E-state index is 12.7. The van der Waals surface area contributed by atoms with Crippen molar-refractivity contribution >= 4 is 31.7 Å². The molecule has 0 saturated heterocycles. The summed E-state index contributed by atoms with van der Waals surface area (Å²) in [5, 5.41) is 0.282. The lowest BCUT2D eigenvalue weighted by atomic mass is 10.2. The van der Waals surface area contributed by atoms with Gasteiger partial charge in [-0.15, -0.1) is 11.3 Å². The number of hydrogen-bond acceptors (Lipinski definition) is 5. The van der Waals surface area contributed by atoms with Gasteiger partial charge in [-0.1, -0.05) is 17.7 Å². The molecule has 0 aliphatic heterocycles. The number of alkyl halides is 3. The second kappa shape index (κ2) is 6.40. The molecule has 9 heteroatoms. The summed E-state index contributed by atoms with van der Waals surface area (Å²) in [7, 11) is -3.96. The van der Waals surface area contributed by atoms with Gasteiger partial charge < -0.3 is 0 Å². The van der Waals surface area contributed by atoms with Gasteiger partial charge in [0.15, 0.2) is 0 Å². The molecule has 25 heavy (non-hydrogen) atoms. The Morgan fingerprint density at radius 1 is 1.12 bits per heavy atom. The highest BCUT2D eigenvalue weighted by molar-refractivity contribution is 7.86. The van der Waals surface area contributed by atoms with Crippen LogP contribution in [0.1, 0.15) is 16.1 Å². The molecule has 0 N–H and O–H groups in total. The topological polar surface area (TPSA) is 56.3 Å². The van der Waals surface area contributed by atoms with Crippen LogP contribution in [0.4, 0.5) is 13.2 Å². The number of hydrogen-bond donors (Lipinski definition) is 0. The molecule has 2 aromatic carbocycles. The van der Waals surface area contributed by atoms with Gasteiger partial charge in [-0.2, -0.15) is 21.6 Å². The Hall–Kier alpha value is -1.97. The third-order valence-corrected chi connectivity index (χ3v) is 5.69. The highest BCUT2D eigenvalue weighted by Gasteiger charge is 2.30. The second-order valence-corrected chi connectivity index (χ2v) is 8.05. The van der Waals surface area contributed by atoms with Gasteiger partial charge in [0.2, 0.25) is 0 Å². The van der Waals surface area contributed by atoms with E-state index in [4.69, 9.17) is 4.18 Å². The second-order valence-electron chi connectivity index (χ2n) is 5.32. The highest BCUT2D eigenvalue weighted by Crippen LogP contribution is 2.33. The summed E-state index contributed by atoms with van der Waals surface area (Å²) in [4.78, 5) is 4.04. The van der Waals surface area contributed by atoms with E-state index in [9.17, 15) is 21.6 Å². The Morgan fingerprint density at radius 3 is 2.44 bits per heavy atom. The van der Waals surface area contributed by atoms with Crippen molar-refractivity contribution in [1.82, 2.24) is 4.98 Å². The van der Waals surface area contributed by atoms with Gasteiger partial charge in [-0.25, -0.2) is 4.98 Å². The lowest BCUT2D eigenvalue weighted by Crippen LogP contribution is -2.06. The third-order valence-electron chi connectivity index (χ3n) is 3.41. The highest BCUT2D eigenvalue weighted by atomic mass is 32.2. The van der Waals surface area contributed by atoms with Crippen LogP contribution in [0.3, 0.4) is 0 Å². The number of thiazole rings is 1. The Bertz CT molecular complexity index is 1010. The molecule has 0 aliphatic rings. The van der Waals surface area contributed by atoms with Gasteiger partial charge in [0.25, 0.3) is 10.1 Å². The first kappa shape index (κ1) is 17.8. The number of nitrogens with zero attached hydrogens (tertiary/aromatic N) is 1. The third kappa shape index (κ3) is 4.00. The summed E-state index contributed by atoms with van der Waals surface area (Å²) in [6.45, 7) is 1.49. The summed E-state index contributed by atoms with van der Waals surface area (Å²) in [6, 6.07) is 9.36. The summed E-state index contributed by atoms with van der Waals surface area (Å²) in [5.41, 5.74) is 0.266. The van der Waals surface area contributed by atoms with Gasteiger partial charge in [0, 0.05) is 0 Å². The van der Waals surface area contributed by atoms with Crippen LogP contribution in [0.5, 0.6) is 0 Å².